The largest absolute Gasteiger partial charge is 0.295 e. The molecule has 0 aliphatic carbocycles. The molecule has 1 aliphatic heterocycles. The minimum absolute atomic E-state index is 0. The van der Waals surface area contributed by atoms with Crippen molar-refractivity contribution in [2.24, 2.45) is 0 Å². The molecule has 1 rings (SSSR count). The molecule has 3 heteroatoms. The maximum absolute atomic E-state index is 11.7. The van der Waals surface area contributed by atoms with Gasteiger partial charge in [0, 0.05) is 0 Å². The second-order valence-electron chi connectivity index (χ2n) is 2.03. The third kappa shape index (κ3) is 2.75. The maximum Gasteiger partial charge on any atom is 0.272 e. The number of hydrogen-bond donors (Lipinski definition) is 0. The molecule has 0 saturated carbocycles. The molecule has 1 fully saturated rings. The van der Waals surface area contributed by atoms with Crippen LogP contribution in [0.2, 0.25) is 0 Å². The van der Waals surface area contributed by atoms with Crippen LogP contribution in [0.3, 0.4) is 0 Å². The summed E-state index contributed by atoms with van der Waals surface area (Å²) in [5.41, 5.74) is 0. The third-order valence-electron chi connectivity index (χ3n) is 1.00. The Kier molecular flexibility index (Phi) is 4.00. The molecule has 0 N–H and O–H groups in total. The van der Waals surface area contributed by atoms with Gasteiger partial charge in [0.1, 0.15) is 0 Å². The summed E-state index contributed by atoms with van der Waals surface area (Å²) in [5.74, 6) is -2.38. The second-order valence-corrected chi connectivity index (χ2v) is 2.03. The van der Waals surface area contributed by atoms with Crippen molar-refractivity contribution in [2.45, 2.75) is 20.8 Å². The van der Waals surface area contributed by atoms with E-state index in [2.05, 4.69) is 0 Å². The van der Waals surface area contributed by atoms with Crippen molar-refractivity contribution in [1.82, 2.24) is 4.90 Å². The lowest BCUT2D eigenvalue weighted by atomic mass is 10.2. The molecular formula is C6H15F2N. The predicted octanol–water partition coefficient (Wildman–Crippen LogP) is 1.84. The van der Waals surface area contributed by atoms with Crippen molar-refractivity contribution in [3.63, 3.8) is 0 Å². The fourth-order valence-electron chi connectivity index (χ4n) is 0.743. The molecule has 1 heterocycles. The Bertz CT molecular complexity index is 75.1. The van der Waals surface area contributed by atoms with Crippen LogP contribution in [0.25, 0.3) is 0 Å². The summed E-state index contributed by atoms with van der Waals surface area (Å²) in [7, 11) is 1.68. The zero-order chi connectivity index (χ0) is 5.49. The lowest BCUT2D eigenvalue weighted by Crippen LogP contribution is -2.53. The minimum atomic E-state index is -2.38. The third-order valence-corrected chi connectivity index (χ3v) is 1.00. The Morgan fingerprint density at radius 3 is 1.56 bits per heavy atom. The molecule has 0 spiro atoms. The SMILES string of the molecule is C.C.CN1CC(F)(F)C1. The van der Waals surface area contributed by atoms with Gasteiger partial charge in [-0.3, -0.25) is 4.90 Å². The zero-order valence-corrected chi connectivity index (χ0v) is 4.12. The van der Waals surface area contributed by atoms with Gasteiger partial charge in [0.15, 0.2) is 0 Å². The summed E-state index contributed by atoms with van der Waals surface area (Å²) in [6.07, 6.45) is 0. The van der Waals surface area contributed by atoms with Gasteiger partial charge in [-0.1, -0.05) is 14.9 Å². The van der Waals surface area contributed by atoms with E-state index in [0.29, 0.717) is 0 Å². The van der Waals surface area contributed by atoms with Crippen LogP contribution in [0.4, 0.5) is 8.78 Å². The molecule has 1 nitrogen and oxygen atoms in total. The summed E-state index contributed by atoms with van der Waals surface area (Å²) in [5, 5.41) is 0. The van der Waals surface area contributed by atoms with E-state index in [9.17, 15) is 8.78 Å². The van der Waals surface area contributed by atoms with Gasteiger partial charge in [-0.2, -0.15) is 0 Å². The van der Waals surface area contributed by atoms with Crippen LogP contribution in [0.1, 0.15) is 14.9 Å². The molecule has 0 radical (unpaired) electrons. The molecule has 0 bridgehead atoms. The highest BCUT2D eigenvalue weighted by Gasteiger charge is 2.41. The Labute approximate surface area is 55.7 Å². The van der Waals surface area contributed by atoms with E-state index in [0.717, 1.165) is 0 Å². The van der Waals surface area contributed by atoms with Gasteiger partial charge < -0.3 is 0 Å². The van der Waals surface area contributed by atoms with Crippen LogP contribution in [0, 0.1) is 0 Å². The Morgan fingerprint density at radius 2 is 1.56 bits per heavy atom. The van der Waals surface area contributed by atoms with Crippen LogP contribution in [-0.4, -0.2) is 31.0 Å². The highest BCUT2D eigenvalue weighted by Crippen LogP contribution is 2.23. The summed E-state index contributed by atoms with van der Waals surface area (Å²) in [6.45, 7) is -0.125. The van der Waals surface area contributed by atoms with Gasteiger partial charge >= 0.3 is 0 Å². The Morgan fingerprint density at radius 1 is 1.22 bits per heavy atom. The van der Waals surface area contributed by atoms with E-state index in [4.69, 9.17) is 0 Å². The average molecular weight is 139 g/mol. The Hall–Kier alpha value is -0.180. The topological polar surface area (TPSA) is 3.24 Å². The average Bonchev–Trinajstić information content (AvgIpc) is 1.27. The van der Waals surface area contributed by atoms with Gasteiger partial charge in [0.25, 0.3) is 5.92 Å². The van der Waals surface area contributed by atoms with E-state index < -0.39 is 5.92 Å². The minimum Gasteiger partial charge on any atom is -0.295 e. The van der Waals surface area contributed by atoms with Crippen molar-refractivity contribution in [1.29, 1.82) is 0 Å². The molecule has 9 heavy (non-hydrogen) atoms. The van der Waals surface area contributed by atoms with E-state index in [1.54, 1.807) is 11.9 Å². The maximum atomic E-state index is 11.7. The first kappa shape index (κ1) is 11.6. The molecule has 1 aliphatic rings. The molecule has 0 aromatic heterocycles. The number of rotatable bonds is 0. The van der Waals surface area contributed by atoms with E-state index in [-0.39, 0.29) is 27.9 Å². The standard InChI is InChI=1S/C4H7F2N.2CH4/c1-7-2-4(5,6)3-7;;/h2-3H2,1H3;2*1H4. The van der Waals surface area contributed by atoms with Crippen LogP contribution >= 0.6 is 0 Å². The fraction of sp³-hybridized carbons (Fsp3) is 1.00. The number of hydrogen-bond acceptors (Lipinski definition) is 1. The molecule has 0 aromatic rings. The summed E-state index contributed by atoms with van der Waals surface area (Å²) >= 11 is 0. The zero-order valence-electron chi connectivity index (χ0n) is 4.12. The number of nitrogens with zero attached hydrogens (tertiary/aromatic N) is 1. The molecule has 1 saturated heterocycles. The van der Waals surface area contributed by atoms with Crippen molar-refractivity contribution in [3.8, 4) is 0 Å². The lowest BCUT2D eigenvalue weighted by Gasteiger charge is -2.35. The van der Waals surface area contributed by atoms with Gasteiger partial charge in [-0.05, 0) is 7.05 Å². The lowest BCUT2D eigenvalue weighted by molar-refractivity contribution is -0.119. The normalized spacial score (nSPS) is 23.0. The predicted molar refractivity (Wildman–Crippen MR) is 35.9 cm³/mol. The molecule has 58 valence electrons. The van der Waals surface area contributed by atoms with E-state index in [1.807, 2.05) is 0 Å². The van der Waals surface area contributed by atoms with Gasteiger partial charge in [-0.25, -0.2) is 8.78 Å². The van der Waals surface area contributed by atoms with Crippen molar-refractivity contribution in [2.75, 3.05) is 20.1 Å². The summed E-state index contributed by atoms with van der Waals surface area (Å²) in [6, 6.07) is 0. The van der Waals surface area contributed by atoms with E-state index >= 15 is 0 Å². The van der Waals surface area contributed by atoms with Crippen LogP contribution in [0.15, 0.2) is 0 Å². The van der Waals surface area contributed by atoms with Crippen molar-refractivity contribution >= 4 is 0 Å². The van der Waals surface area contributed by atoms with Crippen LogP contribution in [0.5, 0.6) is 0 Å². The fourth-order valence-corrected chi connectivity index (χ4v) is 0.743. The van der Waals surface area contributed by atoms with Crippen LogP contribution in [-0.2, 0) is 0 Å². The van der Waals surface area contributed by atoms with Gasteiger partial charge in [0.05, 0.1) is 13.1 Å². The Balaban J connectivity index is 0. The first-order chi connectivity index (χ1) is 3.10. The molecule has 0 aromatic carbocycles. The van der Waals surface area contributed by atoms with E-state index in [1.165, 1.54) is 0 Å². The number of likely N-dealkylation sites (tertiary alicyclic amines) is 1. The van der Waals surface area contributed by atoms with Crippen molar-refractivity contribution in [3.05, 3.63) is 0 Å². The van der Waals surface area contributed by atoms with Crippen LogP contribution < -0.4 is 0 Å². The molecule has 0 unspecified atom stereocenters. The number of halogens is 2. The first-order valence-electron chi connectivity index (χ1n) is 2.16. The number of alkyl halides is 2. The summed E-state index contributed by atoms with van der Waals surface area (Å²) in [4.78, 5) is 1.58. The highest BCUT2D eigenvalue weighted by atomic mass is 19.3. The quantitative estimate of drug-likeness (QED) is 0.495. The first-order valence-corrected chi connectivity index (χ1v) is 2.16. The molecular weight excluding hydrogens is 124 g/mol. The monoisotopic (exact) mass is 139 g/mol. The molecule has 0 atom stereocenters. The van der Waals surface area contributed by atoms with Gasteiger partial charge in [-0.15, -0.1) is 0 Å². The van der Waals surface area contributed by atoms with Gasteiger partial charge in [0.2, 0.25) is 0 Å². The van der Waals surface area contributed by atoms with Crippen molar-refractivity contribution < 1.29 is 8.78 Å². The summed E-state index contributed by atoms with van der Waals surface area (Å²) < 4.78 is 23.5. The molecule has 0 amide bonds. The highest BCUT2D eigenvalue weighted by molar-refractivity contribution is 4.83. The second kappa shape index (κ2) is 3.11. The smallest absolute Gasteiger partial charge is 0.272 e.